The zero-order chi connectivity index (χ0) is 25.4. The van der Waals surface area contributed by atoms with Crippen molar-refractivity contribution >= 4 is 40.2 Å². The standard InChI is InChI=1S/C26H26N2O7/c1-16-7-6-10-21-19(13-24(30)28-35-23(25(31)32)11-17(2)29)12-20(14-22(16)21)27-26(33)34-15-18-8-4-3-5-9-18/h3-10,12,14,23H,11,13,15H2,1-2H3,(H,27,33)(H,28,30)(H,31,32). The molecule has 0 aliphatic carbocycles. The van der Waals surface area contributed by atoms with Gasteiger partial charge in [-0.25, -0.2) is 15.1 Å². The summed E-state index contributed by atoms with van der Waals surface area (Å²) in [7, 11) is 0. The average molecular weight is 479 g/mol. The van der Waals surface area contributed by atoms with Gasteiger partial charge in [-0.3, -0.25) is 19.7 Å². The molecule has 0 heterocycles. The average Bonchev–Trinajstić information content (AvgIpc) is 2.81. The molecule has 0 aliphatic rings. The fraction of sp³-hybridized carbons (Fsp3) is 0.231. The molecule has 0 aromatic heterocycles. The van der Waals surface area contributed by atoms with E-state index in [9.17, 15) is 19.2 Å². The van der Waals surface area contributed by atoms with Crippen LogP contribution in [0.3, 0.4) is 0 Å². The third-order valence-electron chi connectivity index (χ3n) is 5.17. The van der Waals surface area contributed by atoms with Gasteiger partial charge in [0.15, 0.2) is 6.10 Å². The van der Waals surface area contributed by atoms with Crippen molar-refractivity contribution in [2.75, 3.05) is 5.32 Å². The van der Waals surface area contributed by atoms with Gasteiger partial charge in [-0.2, -0.15) is 0 Å². The summed E-state index contributed by atoms with van der Waals surface area (Å²) < 4.78 is 5.28. The van der Waals surface area contributed by atoms with E-state index in [-0.39, 0.29) is 25.2 Å². The smallest absolute Gasteiger partial charge is 0.411 e. The Bertz CT molecular complexity index is 1240. The number of hydroxylamine groups is 1. The van der Waals surface area contributed by atoms with Crippen LogP contribution in [0.25, 0.3) is 10.8 Å². The van der Waals surface area contributed by atoms with Gasteiger partial charge in [-0.1, -0.05) is 48.5 Å². The third-order valence-corrected chi connectivity index (χ3v) is 5.17. The maximum absolute atomic E-state index is 12.5. The van der Waals surface area contributed by atoms with Crippen molar-refractivity contribution in [3.63, 3.8) is 0 Å². The number of anilines is 1. The fourth-order valence-electron chi connectivity index (χ4n) is 3.50. The summed E-state index contributed by atoms with van der Waals surface area (Å²) >= 11 is 0. The Hall–Kier alpha value is -4.24. The van der Waals surface area contributed by atoms with Gasteiger partial charge in [0.2, 0.25) is 5.91 Å². The van der Waals surface area contributed by atoms with Gasteiger partial charge in [0.05, 0.1) is 6.42 Å². The Morgan fingerprint density at radius 1 is 0.971 bits per heavy atom. The number of carbonyl (C=O) groups excluding carboxylic acids is 3. The molecule has 1 atom stereocenters. The first kappa shape index (κ1) is 25.4. The van der Waals surface area contributed by atoms with E-state index in [1.54, 1.807) is 12.1 Å². The highest BCUT2D eigenvalue weighted by atomic mass is 16.7. The fourth-order valence-corrected chi connectivity index (χ4v) is 3.50. The normalized spacial score (nSPS) is 11.5. The van der Waals surface area contributed by atoms with E-state index in [1.165, 1.54) is 6.92 Å². The molecule has 1 unspecified atom stereocenters. The Balaban J connectivity index is 1.74. The number of carboxylic acids is 1. The number of aliphatic carboxylic acids is 1. The summed E-state index contributed by atoms with van der Waals surface area (Å²) in [5.41, 5.74) is 4.92. The summed E-state index contributed by atoms with van der Waals surface area (Å²) in [5.74, 6) is -2.35. The lowest BCUT2D eigenvalue weighted by atomic mass is 9.98. The van der Waals surface area contributed by atoms with Crippen LogP contribution < -0.4 is 10.8 Å². The number of hydrogen-bond acceptors (Lipinski definition) is 6. The molecule has 0 radical (unpaired) electrons. The zero-order valence-electron chi connectivity index (χ0n) is 19.4. The van der Waals surface area contributed by atoms with Gasteiger partial charge in [0, 0.05) is 12.1 Å². The van der Waals surface area contributed by atoms with Crippen LogP contribution in [0.1, 0.15) is 30.0 Å². The third kappa shape index (κ3) is 7.38. The Morgan fingerprint density at radius 2 is 1.71 bits per heavy atom. The predicted molar refractivity (Wildman–Crippen MR) is 129 cm³/mol. The number of rotatable bonds is 10. The molecule has 0 bridgehead atoms. The summed E-state index contributed by atoms with van der Waals surface area (Å²) in [5, 5.41) is 13.5. The first-order chi connectivity index (χ1) is 16.7. The number of hydrogen-bond donors (Lipinski definition) is 3. The first-order valence-corrected chi connectivity index (χ1v) is 10.9. The topological polar surface area (TPSA) is 131 Å². The van der Waals surface area contributed by atoms with E-state index >= 15 is 0 Å². The number of benzene rings is 3. The maximum atomic E-state index is 12.5. The van der Waals surface area contributed by atoms with Crippen molar-refractivity contribution in [3.05, 3.63) is 77.4 Å². The molecule has 3 rings (SSSR count). The van der Waals surface area contributed by atoms with Gasteiger partial charge >= 0.3 is 12.1 Å². The van der Waals surface area contributed by atoms with Crippen molar-refractivity contribution in [2.24, 2.45) is 0 Å². The monoisotopic (exact) mass is 478 g/mol. The Labute approximate surface area is 202 Å². The lowest BCUT2D eigenvalue weighted by Crippen LogP contribution is -2.36. The van der Waals surface area contributed by atoms with Crippen molar-refractivity contribution in [1.82, 2.24) is 5.48 Å². The van der Waals surface area contributed by atoms with Crippen LogP contribution in [0.4, 0.5) is 10.5 Å². The Morgan fingerprint density at radius 3 is 2.40 bits per heavy atom. The van der Waals surface area contributed by atoms with Crippen LogP contribution in [-0.2, 0) is 37.0 Å². The molecule has 35 heavy (non-hydrogen) atoms. The van der Waals surface area contributed by atoms with Crippen molar-refractivity contribution in [2.45, 2.75) is 39.4 Å². The molecule has 2 amide bonds. The minimum atomic E-state index is -1.48. The van der Waals surface area contributed by atoms with Gasteiger partial charge < -0.3 is 9.84 Å². The maximum Gasteiger partial charge on any atom is 0.411 e. The van der Waals surface area contributed by atoms with E-state index in [4.69, 9.17) is 14.7 Å². The van der Waals surface area contributed by atoms with Gasteiger partial charge in [-0.15, -0.1) is 0 Å². The van der Waals surface area contributed by atoms with Gasteiger partial charge in [0.1, 0.15) is 12.4 Å². The molecule has 9 heteroatoms. The summed E-state index contributed by atoms with van der Waals surface area (Å²) in [4.78, 5) is 52.3. The number of amides is 2. The first-order valence-electron chi connectivity index (χ1n) is 10.9. The summed E-state index contributed by atoms with van der Waals surface area (Å²) in [6, 6.07) is 18.3. The van der Waals surface area contributed by atoms with Crippen LogP contribution in [0.15, 0.2) is 60.7 Å². The van der Waals surface area contributed by atoms with Crippen molar-refractivity contribution < 1.29 is 33.9 Å². The summed E-state index contributed by atoms with van der Waals surface area (Å²) in [6.45, 7) is 3.25. The highest BCUT2D eigenvalue weighted by Crippen LogP contribution is 2.27. The number of carbonyl (C=O) groups is 4. The lowest BCUT2D eigenvalue weighted by molar-refractivity contribution is -0.162. The predicted octanol–water partition coefficient (Wildman–Crippen LogP) is 3.92. The van der Waals surface area contributed by atoms with E-state index in [0.717, 1.165) is 21.9 Å². The van der Waals surface area contributed by atoms with Crippen LogP contribution in [0.5, 0.6) is 0 Å². The van der Waals surface area contributed by atoms with Gasteiger partial charge in [-0.05, 0) is 53.4 Å². The second-order valence-corrected chi connectivity index (χ2v) is 8.05. The minimum Gasteiger partial charge on any atom is -0.479 e. The quantitative estimate of drug-likeness (QED) is 0.376. The second kappa shape index (κ2) is 11.8. The second-order valence-electron chi connectivity index (χ2n) is 8.05. The molecular weight excluding hydrogens is 452 g/mol. The van der Waals surface area contributed by atoms with Crippen LogP contribution >= 0.6 is 0 Å². The number of nitrogens with one attached hydrogen (secondary N) is 2. The van der Waals surface area contributed by atoms with Crippen LogP contribution in [0.2, 0.25) is 0 Å². The van der Waals surface area contributed by atoms with E-state index in [1.807, 2.05) is 55.5 Å². The zero-order valence-corrected chi connectivity index (χ0v) is 19.4. The van der Waals surface area contributed by atoms with Crippen LogP contribution in [-0.4, -0.2) is 35.0 Å². The number of fused-ring (bicyclic) bond motifs is 1. The van der Waals surface area contributed by atoms with E-state index in [2.05, 4.69) is 10.8 Å². The molecule has 182 valence electrons. The number of aryl methyl sites for hydroxylation is 1. The highest BCUT2D eigenvalue weighted by Gasteiger charge is 2.22. The highest BCUT2D eigenvalue weighted by molar-refractivity contribution is 5.97. The largest absolute Gasteiger partial charge is 0.479 e. The molecule has 0 saturated carbocycles. The SMILES string of the molecule is CC(=O)CC(ONC(=O)Cc1cc(NC(=O)OCc2ccccc2)cc2c(C)cccc12)C(=O)O. The molecule has 0 saturated heterocycles. The lowest BCUT2D eigenvalue weighted by Gasteiger charge is -2.15. The van der Waals surface area contributed by atoms with Crippen molar-refractivity contribution in [3.8, 4) is 0 Å². The molecule has 3 aromatic carbocycles. The molecule has 0 aliphatic heterocycles. The molecule has 0 spiro atoms. The number of Topliss-reactive ketones (excluding diaryl/α,β-unsaturated/α-hetero) is 1. The van der Waals surface area contributed by atoms with E-state index in [0.29, 0.717) is 11.3 Å². The number of ketones is 1. The molecule has 0 fully saturated rings. The molecule has 3 aromatic rings. The molecule has 3 N–H and O–H groups in total. The minimum absolute atomic E-state index is 0.108. The molecule has 9 nitrogen and oxygen atoms in total. The summed E-state index contributed by atoms with van der Waals surface area (Å²) in [6.07, 6.45) is -2.65. The van der Waals surface area contributed by atoms with Gasteiger partial charge in [0.25, 0.3) is 0 Å². The number of carboxylic acid groups (broad SMARTS) is 1. The van der Waals surface area contributed by atoms with E-state index < -0.39 is 24.1 Å². The Kier molecular flexibility index (Phi) is 8.53. The molecular formula is C26H26N2O7. The van der Waals surface area contributed by atoms with Crippen LogP contribution in [0, 0.1) is 6.92 Å². The van der Waals surface area contributed by atoms with Crippen molar-refractivity contribution in [1.29, 1.82) is 0 Å². The number of ether oxygens (including phenoxy) is 1.